The summed E-state index contributed by atoms with van der Waals surface area (Å²) >= 11 is 0. The molecule has 118 valence electrons. The summed E-state index contributed by atoms with van der Waals surface area (Å²) in [7, 11) is 0. The maximum Gasteiger partial charge on any atom is 0.434 e. The Balaban J connectivity index is 3.89. The third-order valence-electron chi connectivity index (χ3n) is 2.13. The number of pyridine rings is 1. The van der Waals surface area contributed by atoms with Gasteiger partial charge in [-0.3, -0.25) is 4.79 Å². The number of rotatable bonds is 1. The Morgan fingerprint density at radius 1 is 0.905 bits per heavy atom. The second-order valence-corrected chi connectivity index (χ2v) is 3.64. The highest BCUT2D eigenvalue weighted by Gasteiger charge is 2.47. The molecule has 0 aliphatic carbocycles. The molecule has 0 fully saturated rings. The van der Waals surface area contributed by atoms with Crippen LogP contribution in [0.3, 0.4) is 0 Å². The van der Waals surface area contributed by atoms with Crippen molar-refractivity contribution in [3.8, 4) is 0 Å². The molecule has 1 aromatic heterocycles. The molecule has 2 N–H and O–H groups in total. The molecule has 0 aliphatic rings. The summed E-state index contributed by atoms with van der Waals surface area (Å²) in [6.45, 7) is 0. The molecule has 0 bridgehead atoms. The summed E-state index contributed by atoms with van der Waals surface area (Å²) in [5, 5.41) is 0. The van der Waals surface area contributed by atoms with E-state index in [2.05, 4.69) is 10.7 Å². The van der Waals surface area contributed by atoms with Gasteiger partial charge in [-0.1, -0.05) is 0 Å². The highest BCUT2D eigenvalue weighted by atomic mass is 19.4. The van der Waals surface area contributed by atoms with Crippen molar-refractivity contribution in [3.05, 3.63) is 28.6 Å². The average molecular weight is 326 g/mol. The number of hydrogen-bond donors (Lipinski definition) is 1. The van der Waals surface area contributed by atoms with Crippen LogP contribution in [0.5, 0.6) is 0 Å². The van der Waals surface area contributed by atoms with E-state index in [-0.39, 0.29) is 0 Å². The first-order valence-electron chi connectivity index (χ1n) is 4.72. The number of nitrogens with two attached hydrogens (primary N) is 1. The van der Waals surface area contributed by atoms with Gasteiger partial charge in [0, 0.05) is 0 Å². The van der Waals surface area contributed by atoms with Gasteiger partial charge in [0.1, 0.15) is 5.69 Å². The second kappa shape index (κ2) is 4.77. The normalized spacial score (nSPS) is 13.4. The van der Waals surface area contributed by atoms with E-state index in [1.807, 2.05) is 0 Å². The molecule has 0 atom stereocenters. The van der Waals surface area contributed by atoms with Crippen LogP contribution in [-0.4, -0.2) is 10.9 Å². The van der Waals surface area contributed by atoms with E-state index < -0.39 is 53.0 Å². The van der Waals surface area contributed by atoms with E-state index in [0.717, 1.165) is 0 Å². The van der Waals surface area contributed by atoms with Crippen molar-refractivity contribution >= 4 is 5.91 Å². The Hall–Kier alpha value is -2.01. The van der Waals surface area contributed by atoms with Gasteiger partial charge in [0.2, 0.25) is 0 Å². The van der Waals surface area contributed by atoms with E-state index in [9.17, 15) is 44.3 Å². The van der Waals surface area contributed by atoms with Gasteiger partial charge in [0.15, 0.2) is 5.69 Å². The van der Waals surface area contributed by atoms with E-state index in [1.54, 1.807) is 0 Å². The highest BCUT2D eigenvalue weighted by molar-refractivity contribution is 5.96. The van der Waals surface area contributed by atoms with Crippen LogP contribution in [0.2, 0.25) is 0 Å². The van der Waals surface area contributed by atoms with Crippen LogP contribution in [0.15, 0.2) is 6.07 Å². The summed E-state index contributed by atoms with van der Waals surface area (Å²) in [6, 6.07) is -0.699. The Labute approximate surface area is 109 Å². The molecular weight excluding hydrogens is 323 g/mol. The molecule has 0 aliphatic heterocycles. The Morgan fingerprint density at radius 3 is 1.67 bits per heavy atom. The van der Waals surface area contributed by atoms with Crippen LogP contribution in [0, 0.1) is 0 Å². The third kappa shape index (κ3) is 3.55. The van der Waals surface area contributed by atoms with Crippen LogP contribution in [0.4, 0.5) is 39.5 Å². The molecule has 1 aromatic rings. The smallest absolute Gasteiger partial charge is 0.366 e. The van der Waals surface area contributed by atoms with Crippen molar-refractivity contribution in [2.75, 3.05) is 0 Å². The first kappa shape index (κ1) is 17.0. The zero-order chi connectivity index (χ0) is 16.8. The van der Waals surface area contributed by atoms with E-state index >= 15 is 0 Å². The average Bonchev–Trinajstić information content (AvgIpc) is 2.23. The number of aromatic nitrogens is 1. The van der Waals surface area contributed by atoms with Crippen molar-refractivity contribution in [1.82, 2.24) is 4.98 Å². The van der Waals surface area contributed by atoms with Gasteiger partial charge in [0.05, 0.1) is 11.1 Å². The van der Waals surface area contributed by atoms with Gasteiger partial charge in [-0.05, 0) is 6.07 Å². The van der Waals surface area contributed by atoms with Crippen molar-refractivity contribution in [3.63, 3.8) is 0 Å². The quantitative estimate of drug-likeness (QED) is 0.806. The second-order valence-electron chi connectivity index (χ2n) is 3.64. The van der Waals surface area contributed by atoms with Crippen molar-refractivity contribution in [2.45, 2.75) is 18.5 Å². The summed E-state index contributed by atoms with van der Waals surface area (Å²) in [5.41, 5.74) is -5.29. The fourth-order valence-corrected chi connectivity index (χ4v) is 1.37. The number of amides is 1. The fraction of sp³-hybridized carbons (Fsp3) is 0.333. The lowest BCUT2D eigenvalue weighted by molar-refractivity contribution is -0.154. The van der Waals surface area contributed by atoms with Gasteiger partial charge in [-0.2, -0.15) is 39.5 Å². The van der Waals surface area contributed by atoms with Crippen LogP contribution in [0.25, 0.3) is 0 Å². The maximum atomic E-state index is 12.6. The van der Waals surface area contributed by atoms with Crippen molar-refractivity contribution in [1.29, 1.82) is 0 Å². The summed E-state index contributed by atoms with van der Waals surface area (Å²) in [6.07, 6.45) is -17.0. The van der Waals surface area contributed by atoms with Crippen LogP contribution in [0.1, 0.15) is 27.3 Å². The van der Waals surface area contributed by atoms with Gasteiger partial charge in [-0.25, -0.2) is 4.98 Å². The lowest BCUT2D eigenvalue weighted by atomic mass is 10.0. The zero-order valence-corrected chi connectivity index (χ0v) is 9.41. The van der Waals surface area contributed by atoms with Gasteiger partial charge in [0.25, 0.3) is 5.91 Å². The summed E-state index contributed by atoms with van der Waals surface area (Å²) < 4.78 is 112. The standard InChI is InChI=1S/C9H3F9N2O/c10-7(11,12)2-1-3(8(13,14)15)20-5(9(16,17)18)4(2)6(19)21/h1H,(H2,19,21). The molecule has 0 radical (unpaired) electrons. The molecule has 12 heteroatoms. The van der Waals surface area contributed by atoms with Crippen LogP contribution >= 0.6 is 0 Å². The first-order valence-corrected chi connectivity index (χ1v) is 4.72. The van der Waals surface area contributed by atoms with Crippen molar-refractivity contribution < 1.29 is 44.3 Å². The Bertz CT molecular complexity index is 535. The summed E-state index contributed by atoms with van der Waals surface area (Å²) in [4.78, 5) is 12.9. The van der Waals surface area contributed by atoms with E-state index in [4.69, 9.17) is 0 Å². The molecule has 1 rings (SSSR count). The lowest BCUT2D eigenvalue weighted by Crippen LogP contribution is -2.28. The monoisotopic (exact) mass is 326 g/mol. The molecule has 0 saturated heterocycles. The minimum Gasteiger partial charge on any atom is -0.366 e. The number of nitrogens with zero attached hydrogens (tertiary/aromatic N) is 1. The number of hydrogen-bond acceptors (Lipinski definition) is 2. The van der Waals surface area contributed by atoms with Crippen LogP contribution < -0.4 is 5.73 Å². The zero-order valence-electron chi connectivity index (χ0n) is 9.41. The van der Waals surface area contributed by atoms with Crippen molar-refractivity contribution in [2.24, 2.45) is 5.73 Å². The summed E-state index contributed by atoms with van der Waals surface area (Å²) in [5.74, 6) is -2.20. The van der Waals surface area contributed by atoms with Gasteiger partial charge in [-0.15, -0.1) is 0 Å². The molecule has 0 unspecified atom stereocenters. The highest BCUT2D eigenvalue weighted by Crippen LogP contribution is 2.41. The number of halogens is 9. The molecule has 0 aromatic carbocycles. The van der Waals surface area contributed by atoms with Gasteiger partial charge < -0.3 is 5.73 Å². The first-order chi connectivity index (χ1) is 9.15. The number of carbonyl (C=O) groups is 1. The predicted molar refractivity (Wildman–Crippen MR) is 47.8 cm³/mol. The lowest BCUT2D eigenvalue weighted by Gasteiger charge is -2.18. The third-order valence-corrected chi connectivity index (χ3v) is 2.13. The predicted octanol–water partition coefficient (Wildman–Crippen LogP) is 3.24. The maximum absolute atomic E-state index is 12.6. The molecule has 1 heterocycles. The Kier molecular flexibility index (Phi) is 3.87. The minimum absolute atomic E-state index is 0.699. The molecule has 3 nitrogen and oxygen atoms in total. The Morgan fingerprint density at radius 2 is 1.38 bits per heavy atom. The SMILES string of the molecule is NC(=O)c1c(C(F)(F)F)cc(C(F)(F)F)nc1C(F)(F)F. The topological polar surface area (TPSA) is 56.0 Å². The molecular formula is C9H3F9N2O. The fourth-order valence-electron chi connectivity index (χ4n) is 1.37. The van der Waals surface area contributed by atoms with Gasteiger partial charge >= 0.3 is 18.5 Å². The molecule has 1 amide bonds. The molecule has 0 saturated carbocycles. The number of primary amides is 1. The van der Waals surface area contributed by atoms with E-state index in [0.29, 0.717) is 0 Å². The molecule has 21 heavy (non-hydrogen) atoms. The number of carbonyl (C=O) groups excluding carboxylic acids is 1. The van der Waals surface area contributed by atoms with E-state index in [1.165, 1.54) is 0 Å². The van der Waals surface area contributed by atoms with Crippen LogP contribution in [-0.2, 0) is 18.5 Å². The largest absolute Gasteiger partial charge is 0.434 e. The molecule has 0 spiro atoms. The number of alkyl halides is 9. The minimum atomic E-state index is -5.73.